The van der Waals surface area contributed by atoms with Crippen LogP contribution >= 0.6 is 0 Å². The van der Waals surface area contributed by atoms with E-state index in [1.807, 2.05) is 0 Å². The minimum Gasteiger partial charge on any atom is -0.497 e. The lowest BCUT2D eigenvalue weighted by molar-refractivity contribution is -0.00982. The van der Waals surface area contributed by atoms with Crippen molar-refractivity contribution in [2.75, 3.05) is 7.11 Å². The minimum atomic E-state index is -3.25. The Morgan fingerprint density at radius 1 is 1.20 bits per heavy atom. The van der Waals surface area contributed by atoms with Gasteiger partial charge in [-0.05, 0) is 0 Å². The van der Waals surface area contributed by atoms with Gasteiger partial charge < -0.3 is 9.84 Å². The Hall–Kier alpha value is -1.30. The number of aliphatic hydroxyl groups excluding tert-OH is 1. The van der Waals surface area contributed by atoms with E-state index < -0.39 is 29.7 Å². The van der Waals surface area contributed by atoms with Gasteiger partial charge in [0.05, 0.1) is 12.7 Å². The van der Waals surface area contributed by atoms with Crippen molar-refractivity contribution in [2.45, 2.75) is 12.5 Å². The van der Waals surface area contributed by atoms with E-state index in [1.165, 1.54) is 7.11 Å². The molecule has 0 heterocycles. The largest absolute Gasteiger partial charge is 0.497 e. The van der Waals surface area contributed by atoms with Crippen LogP contribution in [-0.4, -0.2) is 18.6 Å². The molecule has 1 N–H and O–H groups in total. The van der Waals surface area contributed by atoms with Gasteiger partial charge in [0, 0.05) is 12.1 Å². The summed E-state index contributed by atoms with van der Waals surface area (Å²) < 4.78 is 54.8. The summed E-state index contributed by atoms with van der Waals surface area (Å²) in [5.41, 5.74) is -1.05. The van der Waals surface area contributed by atoms with Crippen molar-refractivity contribution >= 4 is 0 Å². The molecular weight excluding hydrogens is 216 g/mol. The van der Waals surface area contributed by atoms with Gasteiger partial charge in [0.2, 0.25) is 0 Å². The Bertz CT molecular complexity index is 331. The third-order valence-corrected chi connectivity index (χ3v) is 1.82. The lowest BCUT2D eigenvalue weighted by atomic mass is 10.1. The summed E-state index contributed by atoms with van der Waals surface area (Å²) >= 11 is 0. The van der Waals surface area contributed by atoms with Crippen molar-refractivity contribution < 1.29 is 27.4 Å². The Labute approximate surface area is 83.1 Å². The average Bonchev–Trinajstić information content (AvgIpc) is 2.16. The molecule has 0 amide bonds. The van der Waals surface area contributed by atoms with Crippen LogP contribution in [-0.2, 0) is 0 Å². The highest BCUT2D eigenvalue weighted by molar-refractivity contribution is 5.32. The van der Waals surface area contributed by atoms with Crippen molar-refractivity contribution in [1.82, 2.24) is 0 Å². The van der Waals surface area contributed by atoms with Gasteiger partial charge in [-0.15, -0.1) is 0 Å². The Kier molecular flexibility index (Phi) is 3.52. The first-order chi connectivity index (χ1) is 6.97. The summed E-state index contributed by atoms with van der Waals surface area (Å²) in [4.78, 5) is 0. The van der Waals surface area contributed by atoms with Gasteiger partial charge in [-0.1, -0.05) is 0 Å². The van der Waals surface area contributed by atoms with Crippen LogP contribution in [0.15, 0.2) is 12.1 Å². The fourth-order valence-corrected chi connectivity index (χ4v) is 1.09. The quantitative estimate of drug-likeness (QED) is 0.798. The van der Waals surface area contributed by atoms with Crippen molar-refractivity contribution in [1.29, 1.82) is 0 Å². The number of hydrogen-bond acceptors (Lipinski definition) is 2. The summed E-state index contributed by atoms with van der Waals surface area (Å²) in [6.07, 6.45) is -5.72. The highest BCUT2D eigenvalue weighted by atomic mass is 19.3. The summed E-state index contributed by atoms with van der Waals surface area (Å²) in [5.74, 6) is -2.67. The monoisotopic (exact) mass is 224 g/mol. The summed E-state index contributed by atoms with van der Waals surface area (Å²) in [7, 11) is 1.18. The molecule has 0 aliphatic heterocycles. The van der Waals surface area contributed by atoms with Gasteiger partial charge in [0.15, 0.2) is 0 Å². The molecule has 1 rings (SSSR count). The molecule has 0 saturated carbocycles. The molecule has 84 valence electrons. The van der Waals surface area contributed by atoms with E-state index in [0.29, 0.717) is 0 Å². The van der Waals surface area contributed by atoms with Gasteiger partial charge in [0.1, 0.15) is 23.5 Å². The fraction of sp³-hybridized carbons (Fsp3) is 0.333. The predicted molar refractivity (Wildman–Crippen MR) is 43.9 cm³/mol. The van der Waals surface area contributed by atoms with E-state index in [1.54, 1.807) is 0 Å². The molecule has 0 spiro atoms. The number of halogens is 4. The number of hydrogen-bond donors (Lipinski definition) is 1. The van der Waals surface area contributed by atoms with E-state index in [-0.39, 0.29) is 5.75 Å². The van der Waals surface area contributed by atoms with Crippen molar-refractivity contribution in [3.63, 3.8) is 0 Å². The first kappa shape index (κ1) is 11.8. The average molecular weight is 224 g/mol. The van der Waals surface area contributed by atoms with Gasteiger partial charge in [-0.2, -0.15) is 0 Å². The molecule has 0 aromatic heterocycles. The van der Waals surface area contributed by atoms with E-state index in [0.717, 1.165) is 12.1 Å². The van der Waals surface area contributed by atoms with Crippen molar-refractivity contribution in [3.8, 4) is 5.75 Å². The summed E-state index contributed by atoms with van der Waals surface area (Å²) in [6.45, 7) is 0. The van der Waals surface area contributed by atoms with Crippen molar-refractivity contribution in [2.24, 2.45) is 0 Å². The maximum atomic E-state index is 13.1. The molecule has 0 aliphatic carbocycles. The van der Waals surface area contributed by atoms with Crippen LogP contribution in [0.1, 0.15) is 11.7 Å². The molecule has 2 nitrogen and oxygen atoms in total. The normalized spacial score (nSPS) is 13.0. The number of alkyl halides is 2. The van der Waals surface area contributed by atoms with Gasteiger partial charge in [-0.25, -0.2) is 17.6 Å². The second-order valence-corrected chi connectivity index (χ2v) is 2.78. The van der Waals surface area contributed by atoms with Crippen LogP contribution in [0.2, 0.25) is 0 Å². The Morgan fingerprint density at radius 2 is 1.67 bits per heavy atom. The van der Waals surface area contributed by atoms with Gasteiger partial charge >= 0.3 is 0 Å². The molecule has 1 atom stereocenters. The van der Waals surface area contributed by atoms with E-state index >= 15 is 0 Å². The molecule has 0 radical (unpaired) electrons. The lowest BCUT2D eigenvalue weighted by Crippen LogP contribution is -2.12. The molecule has 0 saturated heterocycles. The van der Waals surface area contributed by atoms with E-state index in [9.17, 15) is 17.6 Å². The molecule has 0 aliphatic rings. The fourth-order valence-electron chi connectivity index (χ4n) is 1.09. The van der Waals surface area contributed by atoms with Crippen molar-refractivity contribution in [3.05, 3.63) is 29.3 Å². The highest BCUT2D eigenvalue weighted by Crippen LogP contribution is 2.28. The Balaban J connectivity index is 3.19. The third kappa shape index (κ3) is 2.38. The van der Waals surface area contributed by atoms with Crippen LogP contribution in [0.5, 0.6) is 5.75 Å². The molecular formula is C9H8F4O2. The van der Waals surface area contributed by atoms with E-state index in [2.05, 4.69) is 4.74 Å². The zero-order valence-electron chi connectivity index (χ0n) is 7.68. The smallest absolute Gasteiger partial charge is 0.268 e. The van der Waals surface area contributed by atoms with Crippen LogP contribution in [0.25, 0.3) is 0 Å². The number of benzene rings is 1. The molecule has 1 unspecified atom stereocenters. The molecule has 6 heteroatoms. The predicted octanol–water partition coefficient (Wildman–Crippen LogP) is 2.27. The zero-order chi connectivity index (χ0) is 11.6. The topological polar surface area (TPSA) is 29.5 Å². The molecule has 0 bridgehead atoms. The maximum Gasteiger partial charge on any atom is 0.268 e. The lowest BCUT2D eigenvalue weighted by Gasteiger charge is -2.12. The molecule has 1 aromatic rings. The number of methoxy groups -OCH3 is 1. The van der Waals surface area contributed by atoms with Crippen LogP contribution in [0.3, 0.4) is 0 Å². The summed E-state index contributed by atoms with van der Waals surface area (Å²) in [6, 6.07) is 1.45. The van der Waals surface area contributed by atoms with Gasteiger partial charge in [-0.3, -0.25) is 0 Å². The number of ether oxygens (including phenoxy) is 1. The third-order valence-electron chi connectivity index (χ3n) is 1.82. The number of rotatable bonds is 3. The van der Waals surface area contributed by atoms with Crippen LogP contribution < -0.4 is 4.74 Å². The highest BCUT2D eigenvalue weighted by Gasteiger charge is 2.26. The van der Waals surface area contributed by atoms with Gasteiger partial charge in [0.25, 0.3) is 6.43 Å². The molecule has 0 fully saturated rings. The van der Waals surface area contributed by atoms with E-state index in [4.69, 9.17) is 5.11 Å². The van der Waals surface area contributed by atoms with Crippen LogP contribution in [0.4, 0.5) is 17.6 Å². The SMILES string of the molecule is COc1cc(F)c(C(O)C(F)F)c(F)c1. The second-order valence-electron chi connectivity index (χ2n) is 2.78. The summed E-state index contributed by atoms with van der Waals surface area (Å²) in [5, 5.41) is 8.85. The zero-order valence-corrected chi connectivity index (χ0v) is 7.68. The second kappa shape index (κ2) is 4.48. The van der Waals surface area contributed by atoms with Crippen LogP contribution in [0, 0.1) is 11.6 Å². The maximum absolute atomic E-state index is 13.1. The minimum absolute atomic E-state index is 0.143. The number of aliphatic hydroxyl groups is 1. The first-order valence-electron chi connectivity index (χ1n) is 3.96. The standard InChI is InChI=1S/C9H8F4O2/c1-15-4-2-5(10)7(6(11)3-4)8(14)9(12)13/h2-3,8-9,14H,1H3. The molecule has 15 heavy (non-hydrogen) atoms. The molecule has 1 aromatic carbocycles. The first-order valence-corrected chi connectivity index (χ1v) is 3.96. The Morgan fingerprint density at radius 3 is 2.00 bits per heavy atom.